The Balaban J connectivity index is 1.78. The number of allylic oxidation sites excluding steroid dienone is 1. The highest BCUT2D eigenvalue weighted by molar-refractivity contribution is 7.14. The van der Waals surface area contributed by atoms with Gasteiger partial charge in [0.25, 0.3) is 5.91 Å². The molecule has 1 heterocycles. The number of nitrogens with one attached hydrogen (secondary N) is 1. The molecule has 0 radical (unpaired) electrons. The van der Waals surface area contributed by atoms with Crippen molar-refractivity contribution in [3.8, 4) is 11.3 Å². The van der Waals surface area contributed by atoms with Crippen molar-refractivity contribution < 1.29 is 4.79 Å². The number of anilines is 1. The van der Waals surface area contributed by atoms with E-state index in [1.807, 2.05) is 102 Å². The maximum atomic E-state index is 13.0. The highest BCUT2D eigenvalue weighted by Gasteiger charge is 2.18. The van der Waals surface area contributed by atoms with Crippen LogP contribution in [0.15, 0.2) is 108 Å². The molecule has 0 unspecified atom stereocenters. The van der Waals surface area contributed by atoms with Gasteiger partial charge in [-0.1, -0.05) is 95.8 Å². The van der Waals surface area contributed by atoms with E-state index in [1.54, 1.807) is 6.21 Å². The molecular weight excluding hydrogens is 428 g/mol. The zero-order chi connectivity index (χ0) is 23.0. The van der Waals surface area contributed by atoms with E-state index in [0.29, 0.717) is 21.9 Å². The fourth-order valence-corrected chi connectivity index (χ4v) is 4.33. The molecule has 0 spiro atoms. The lowest BCUT2D eigenvalue weighted by Gasteiger charge is -2.10. The Bertz CT molecular complexity index is 1330. The van der Waals surface area contributed by atoms with Crippen LogP contribution >= 0.6 is 11.3 Å². The van der Waals surface area contributed by atoms with Gasteiger partial charge in [-0.15, -0.1) is 11.7 Å². The molecule has 0 saturated heterocycles. The summed E-state index contributed by atoms with van der Waals surface area (Å²) in [6.07, 6.45) is 3.52. The standard InChI is InChI=1S/C27H24N4OS/c1-3-18-31-24(22-12-8-5-9-13-22)26(29-25(32)23-16-14-20(2)15-17-23)33-27(31)30-28-19-21-10-6-4-7-11-21/h3-17,19H,1,18H2,2H3,(H,29,32). The summed E-state index contributed by atoms with van der Waals surface area (Å²) in [5.74, 6) is -0.168. The Morgan fingerprint density at radius 2 is 1.67 bits per heavy atom. The highest BCUT2D eigenvalue weighted by Crippen LogP contribution is 2.31. The van der Waals surface area contributed by atoms with Gasteiger partial charge in [-0.2, -0.15) is 5.10 Å². The summed E-state index contributed by atoms with van der Waals surface area (Å²) in [7, 11) is 0. The number of aromatic nitrogens is 1. The van der Waals surface area contributed by atoms with Crippen molar-refractivity contribution in [3.63, 3.8) is 0 Å². The number of nitrogens with zero attached hydrogens (tertiary/aromatic N) is 3. The first-order valence-corrected chi connectivity index (χ1v) is 11.4. The van der Waals surface area contributed by atoms with Crippen molar-refractivity contribution in [3.05, 3.63) is 119 Å². The minimum absolute atomic E-state index is 0.168. The number of carbonyl (C=O) groups is 1. The van der Waals surface area contributed by atoms with Gasteiger partial charge in [-0.3, -0.25) is 4.79 Å². The summed E-state index contributed by atoms with van der Waals surface area (Å²) in [6, 6.07) is 27.3. The molecular formula is C27H24N4OS. The lowest BCUT2D eigenvalue weighted by molar-refractivity contribution is 0.102. The molecule has 4 rings (SSSR count). The molecule has 0 fully saturated rings. The predicted molar refractivity (Wildman–Crippen MR) is 137 cm³/mol. The molecule has 0 atom stereocenters. The quantitative estimate of drug-likeness (QED) is 0.212. The first kappa shape index (κ1) is 22.2. The van der Waals surface area contributed by atoms with Crippen LogP contribution < -0.4 is 10.1 Å². The van der Waals surface area contributed by atoms with Crippen LogP contribution in [0.25, 0.3) is 11.3 Å². The van der Waals surface area contributed by atoms with Gasteiger partial charge >= 0.3 is 0 Å². The van der Waals surface area contributed by atoms with Crippen molar-refractivity contribution in [1.29, 1.82) is 0 Å². The minimum Gasteiger partial charge on any atom is -0.312 e. The van der Waals surface area contributed by atoms with Crippen LogP contribution in [0.2, 0.25) is 0 Å². The Morgan fingerprint density at radius 1 is 1.00 bits per heavy atom. The molecule has 0 aliphatic rings. The van der Waals surface area contributed by atoms with E-state index in [-0.39, 0.29) is 5.91 Å². The van der Waals surface area contributed by atoms with Crippen LogP contribution in [0.1, 0.15) is 21.5 Å². The SMILES string of the molecule is C=CCn1c(-c2ccccc2)c(NC(=O)c2ccc(C)cc2)sc1=NN=Cc1ccccc1. The first-order chi connectivity index (χ1) is 16.2. The summed E-state index contributed by atoms with van der Waals surface area (Å²) in [6.45, 7) is 6.43. The molecule has 1 amide bonds. The molecule has 4 aromatic rings. The van der Waals surface area contributed by atoms with Gasteiger partial charge in [-0.05, 0) is 24.6 Å². The second-order valence-corrected chi connectivity index (χ2v) is 8.38. The number of thiazole rings is 1. The average Bonchev–Trinajstić information content (AvgIpc) is 3.17. The third-order valence-electron chi connectivity index (χ3n) is 4.96. The zero-order valence-electron chi connectivity index (χ0n) is 18.3. The van der Waals surface area contributed by atoms with Gasteiger partial charge in [-0.25, -0.2) is 0 Å². The molecule has 6 heteroatoms. The third kappa shape index (κ3) is 5.42. The predicted octanol–water partition coefficient (Wildman–Crippen LogP) is 5.90. The first-order valence-electron chi connectivity index (χ1n) is 10.6. The summed E-state index contributed by atoms with van der Waals surface area (Å²) in [5.41, 5.74) is 4.51. The van der Waals surface area contributed by atoms with Crippen molar-refractivity contribution in [1.82, 2.24) is 4.57 Å². The summed E-state index contributed by atoms with van der Waals surface area (Å²) in [4.78, 5) is 13.7. The molecule has 0 bridgehead atoms. The molecule has 5 nitrogen and oxygen atoms in total. The van der Waals surface area contributed by atoms with Crippen molar-refractivity contribution in [2.45, 2.75) is 13.5 Å². The van der Waals surface area contributed by atoms with E-state index in [0.717, 1.165) is 22.4 Å². The lowest BCUT2D eigenvalue weighted by Crippen LogP contribution is -2.15. The maximum absolute atomic E-state index is 13.0. The zero-order valence-corrected chi connectivity index (χ0v) is 19.1. The van der Waals surface area contributed by atoms with Gasteiger partial charge in [0, 0.05) is 17.7 Å². The largest absolute Gasteiger partial charge is 0.312 e. The molecule has 1 N–H and O–H groups in total. The average molecular weight is 453 g/mol. The smallest absolute Gasteiger partial charge is 0.256 e. The molecule has 3 aromatic carbocycles. The second kappa shape index (κ2) is 10.5. The Hall–Kier alpha value is -4.03. The van der Waals surface area contributed by atoms with Crippen LogP contribution in [0, 0.1) is 6.92 Å². The third-order valence-corrected chi connectivity index (χ3v) is 5.94. The molecule has 164 valence electrons. The Kier molecular flexibility index (Phi) is 7.07. The fraction of sp³-hybridized carbons (Fsp3) is 0.0741. The molecule has 33 heavy (non-hydrogen) atoms. The van der Waals surface area contributed by atoms with Crippen LogP contribution in [0.3, 0.4) is 0 Å². The maximum Gasteiger partial charge on any atom is 0.256 e. The Morgan fingerprint density at radius 3 is 2.33 bits per heavy atom. The topological polar surface area (TPSA) is 58.8 Å². The minimum atomic E-state index is -0.168. The van der Waals surface area contributed by atoms with E-state index in [4.69, 9.17) is 0 Å². The number of benzene rings is 3. The summed E-state index contributed by atoms with van der Waals surface area (Å²) in [5, 5.41) is 12.6. The fourth-order valence-electron chi connectivity index (χ4n) is 3.32. The van der Waals surface area contributed by atoms with Crippen molar-refractivity contribution in [2.24, 2.45) is 10.2 Å². The molecule has 1 aromatic heterocycles. The van der Waals surface area contributed by atoms with Gasteiger partial charge in [0.15, 0.2) is 0 Å². The number of aryl methyl sites for hydroxylation is 1. The van der Waals surface area contributed by atoms with Crippen molar-refractivity contribution in [2.75, 3.05) is 5.32 Å². The van der Waals surface area contributed by atoms with E-state index < -0.39 is 0 Å². The van der Waals surface area contributed by atoms with E-state index >= 15 is 0 Å². The highest BCUT2D eigenvalue weighted by atomic mass is 32.1. The van der Waals surface area contributed by atoms with E-state index in [9.17, 15) is 4.79 Å². The number of amides is 1. The van der Waals surface area contributed by atoms with E-state index in [2.05, 4.69) is 22.1 Å². The van der Waals surface area contributed by atoms with Crippen LogP contribution in [0.5, 0.6) is 0 Å². The lowest BCUT2D eigenvalue weighted by atomic mass is 10.1. The van der Waals surface area contributed by atoms with Gasteiger partial charge in [0.2, 0.25) is 4.80 Å². The Labute approximate surface area is 197 Å². The second-order valence-electron chi connectivity index (χ2n) is 7.40. The summed E-state index contributed by atoms with van der Waals surface area (Å²) >= 11 is 1.39. The number of hydrogen-bond acceptors (Lipinski definition) is 4. The molecule has 0 aliphatic heterocycles. The summed E-state index contributed by atoms with van der Waals surface area (Å²) < 4.78 is 2.01. The monoisotopic (exact) mass is 452 g/mol. The van der Waals surface area contributed by atoms with Gasteiger partial charge < -0.3 is 9.88 Å². The van der Waals surface area contributed by atoms with Crippen LogP contribution in [-0.2, 0) is 6.54 Å². The van der Waals surface area contributed by atoms with Crippen LogP contribution in [0.4, 0.5) is 5.00 Å². The van der Waals surface area contributed by atoms with E-state index in [1.165, 1.54) is 11.3 Å². The normalized spacial score (nSPS) is 11.6. The number of rotatable bonds is 7. The van der Waals surface area contributed by atoms with Gasteiger partial charge in [0.1, 0.15) is 5.00 Å². The van der Waals surface area contributed by atoms with Gasteiger partial charge in [0.05, 0.1) is 11.9 Å². The number of carbonyl (C=O) groups excluding carboxylic acids is 1. The molecule has 0 aliphatic carbocycles. The van der Waals surface area contributed by atoms with Crippen LogP contribution in [-0.4, -0.2) is 16.7 Å². The molecule has 0 saturated carbocycles. The number of hydrogen-bond donors (Lipinski definition) is 1. The van der Waals surface area contributed by atoms with Crippen molar-refractivity contribution >= 4 is 28.5 Å².